The summed E-state index contributed by atoms with van der Waals surface area (Å²) in [7, 11) is 1.64. The summed E-state index contributed by atoms with van der Waals surface area (Å²) in [6.45, 7) is 1.15. The molecular weight excluding hydrogens is 268 g/mol. The molecule has 108 valence electrons. The lowest BCUT2D eigenvalue weighted by atomic mass is 10.1. The van der Waals surface area contributed by atoms with Gasteiger partial charge in [-0.1, -0.05) is 12.1 Å². The van der Waals surface area contributed by atoms with Gasteiger partial charge < -0.3 is 19.5 Å². The minimum Gasteiger partial charge on any atom is -0.508 e. The first kappa shape index (κ1) is 13.5. The Morgan fingerprint density at radius 2 is 1.95 bits per heavy atom. The van der Waals surface area contributed by atoms with Crippen molar-refractivity contribution < 1.29 is 14.9 Å². The number of phenols is 2. The van der Waals surface area contributed by atoms with Gasteiger partial charge >= 0.3 is 0 Å². The van der Waals surface area contributed by atoms with Gasteiger partial charge in [0.25, 0.3) is 0 Å². The number of hydrogen-bond donors (Lipinski definition) is 2. The molecule has 21 heavy (non-hydrogen) atoms. The number of ether oxygens (including phenoxy) is 1. The number of aromatic hydroxyl groups is 2. The molecule has 1 heterocycles. The molecule has 0 aliphatic heterocycles. The van der Waals surface area contributed by atoms with Crippen molar-refractivity contribution >= 4 is 11.0 Å². The van der Waals surface area contributed by atoms with Crippen LogP contribution < -0.4 is 0 Å². The fraction of sp³-hybridized carbons (Fsp3) is 0.188. The van der Waals surface area contributed by atoms with E-state index in [2.05, 4.69) is 4.98 Å². The van der Waals surface area contributed by atoms with Crippen LogP contribution in [-0.2, 0) is 11.3 Å². The summed E-state index contributed by atoms with van der Waals surface area (Å²) >= 11 is 0. The molecule has 0 spiro atoms. The van der Waals surface area contributed by atoms with E-state index in [1.807, 2.05) is 28.8 Å². The molecule has 0 unspecified atom stereocenters. The van der Waals surface area contributed by atoms with Crippen LogP contribution in [0.2, 0.25) is 0 Å². The second-order valence-electron chi connectivity index (χ2n) is 4.77. The summed E-state index contributed by atoms with van der Waals surface area (Å²) in [6, 6.07) is 12.2. The van der Waals surface area contributed by atoms with Gasteiger partial charge in [0.2, 0.25) is 0 Å². The van der Waals surface area contributed by atoms with E-state index in [9.17, 15) is 10.2 Å². The van der Waals surface area contributed by atoms with E-state index in [4.69, 9.17) is 4.74 Å². The Hall–Kier alpha value is -2.53. The van der Waals surface area contributed by atoms with Crippen LogP contribution in [0.15, 0.2) is 42.5 Å². The molecule has 0 saturated heterocycles. The molecule has 0 radical (unpaired) electrons. The van der Waals surface area contributed by atoms with Crippen LogP contribution in [0, 0.1) is 0 Å². The van der Waals surface area contributed by atoms with Crippen molar-refractivity contribution in [1.82, 2.24) is 9.55 Å². The zero-order valence-corrected chi connectivity index (χ0v) is 11.7. The average Bonchev–Trinajstić information content (AvgIpc) is 2.86. The normalized spacial score (nSPS) is 11.1. The molecule has 2 N–H and O–H groups in total. The molecule has 1 aromatic heterocycles. The van der Waals surface area contributed by atoms with Gasteiger partial charge in [0.15, 0.2) is 0 Å². The molecule has 0 atom stereocenters. The Morgan fingerprint density at radius 3 is 2.76 bits per heavy atom. The van der Waals surface area contributed by atoms with Crippen molar-refractivity contribution in [3.63, 3.8) is 0 Å². The number of phenolic OH excluding ortho intramolecular Hbond substituents is 2. The number of aromatic nitrogens is 2. The van der Waals surface area contributed by atoms with Gasteiger partial charge in [-0.25, -0.2) is 4.98 Å². The highest BCUT2D eigenvalue weighted by Gasteiger charge is 2.15. The number of imidazole rings is 1. The van der Waals surface area contributed by atoms with Gasteiger partial charge in [0.1, 0.15) is 17.3 Å². The SMILES string of the molecule is COCCn1c(-c2cc(O)ccc2O)nc2ccccc21. The van der Waals surface area contributed by atoms with Gasteiger partial charge in [-0.15, -0.1) is 0 Å². The minimum atomic E-state index is 0.0850. The smallest absolute Gasteiger partial charge is 0.145 e. The highest BCUT2D eigenvalue weighted by atomic mass is 16.5. The maximum atomic E-state index is 10.1. The lowest BCUT2D eigenvalue weighted by molar-refractivity contribution is 0.188. The molecule has 5 heteroatoms. The molecule has 0 fully saturated rings. The van der Waals surface area contributed by atoms with Crippen LogP contribution in [0.1, 0.15) is 0 Å². The van der Waals surface area contributed by atoms with Crippen molar-refractivity contribution in [3.05, 3.63) is 42.5 Å². The van der Waals surface area contributed by atoms with Gasteiger partial charge in [-0.3, -0.25) is 0 Å². The molecule has 0 bridgehead atoms. The third-order valence-corrected chi connectivity index (χ3v) is 3.39. The monoisotopic (exact) mass is 284 g/mol. The van der Waals surface area contributed by atoms with E-state index in [1.165, 1.54) is 18.2 Å². The largest absolute Gasteiger partial charge is 0.508 e. The van der Waals surface area contributed by atoms with Crippen LogP contribution in [0.25, 0.3) is 22.4 Å². The quantitative estimate of drug-likeness (QED) is 0.723. The number of rotatable bonds is 4. The summed E-state index contributed by atoms with van der Waals surface area (Å²) in [4.78, 5) is 4.57. The highest BCUT2D eigenvalue weighted by Crippen LogP contribution is 2.33. The second kappa shape index (κ2) is 5.46. The summed E-state index contributed by atoms with van der Waals surface area (Å²) in [5.41, 5.74) is 2.31. The summed E-state index contributed by atoms with van der Waals surface area (Å²) in [5.74, 6) is 0.788. The predicted octanol–water partition coefficient (Wildman–Crippen LogP) is 2.76. The fourth-order valence-electron chi connectivity index (χ4n) is 2.39. The Bertz CT molecular complexity index is 780. The lowest BCUT2D eigenvalue weighted by Crippen LogP contribution is -2.06. The molecule has 3 aromatic rings. The van der Waals surface area contributed by atoms with E-state index >= 15 is 0 Å². The molecule has 0 amide bonds. The first-order chi connectivity index (χ1) is 10.2. The highest BCUT2D eigenvalue weighted by molar-refractivity contribution is 5.82. The first-order valence-electron chi connectivity index (χ1n) is 6.67. The first-order valence-corrected chi connectivity index (χ1v) is 6.67. The van der Waals surface area contributed by atoms with Crippen LogP contribution in [0.4, 0.5) is 0 Å². The van der Waals surface area contributed by atoms with E-state index in [1.54, 1.807) is 7.11 Å². The molecule has 0 aliphatic carbocycles. The zero-order valence-electron chi connectivity index (χ0n) is 11.7. The number of nitrogens with zero attached hydrogens (tertiary/aromatic N) is 2. The van der Waals surface area contributed by atoms with Gasteiger partial charge in [-0.2, -0.15) is 0 Å². The Balaban J connectivity index is 2.23. The van der Waals surface area contributed by atoms with Crippen LogP contribution in [-0.4, -0.2) is 33.5 Å². The molecule has 0 aliphatic rings. The third-order valence-electron chi connectivity index (χ3n) is 3.39. The van der Waals surface area contributed by atoms with E-state index < -0.39 is 0 Å². The van der Waals surface area contributed by atoms with Crippen molar-refractivity contribution in [1.29, 1.82) is 0 Å². The zero-order chi connectivity index (χ0) is 14.8. The topological polar surface area (TPSA) is 67.5 Å². The van der Waals surface area contributed by atoms with E-state index in [-0.39, 0.29) is 11.5 Å². The van der Waals surface area contributed by atoms with E-state index in [0.717, 1.165) is 11.0 Å². The van der Waals surface area contributed by atoms with E-state index in [0.29, 0.717) is 24.5 Å². The molecule has 5 nitrogen and oxygen atoms in total. The predicted molar refractivity (Wildman–Crippen MR) is 80.4 cm³/mol. The van der Waals surface area contributed by atoms with Crippen LogP contribution in [0.3, 0.4) is 0 Å². The maximum Gasteiger partial charge on any atom is 0.145 e. The van der Waals surface area contributed by atoms with Crippen LogP contribution >= 0.6 is 0 Å². The van der Waals surface area contributed by atoms with Crippen molar-refractivity contribution in [2.45, 2.75) is 6.54 Å². The van der Waals surface area contributed by atoms with Crippen molar-refractivity contribution in [3.8, 4) is 22.9 Å². The van der Waals surface area contributed by atoms with Crippen LogP contribution in [0.5, 0.6) is 11.5 Å². The molecule has 3 rings (SSSR count). The standard InChI is InChI=1S/C16H16N2O3/c1-21-9-8-18-14-5-3-2-4-13(14)17-16(18)12-10-11(19)6-7-15(12)20/h2-7,10,19-20H,8-9H2,1H3. The second-order valence-corrected chi connectivity index (χ2v) is 4.77. The number of para-hydroxylation sites is 2. The van der Waals surface area contributed by atoms with Gasteiger partial charge in [0.05, 0.1) is 23.2 Å². The number of hydrogen-bond acceptors (Lipinski definition) is 4. The van der Waals surface area contributed by atoms with Gasteiger partial charge in [-0.05, 0) is 30.3 Å². The fourth-order valence-corrected chi connectivity index (χ4v) is 2.39. The lowest BCUT2D eigenvalue weighted by Gasteiger charge is -2.10. The van der Waals surface area contributed by atoms with Crippen molar-refractivity contribution in [2.75, 3.05) is 13.7 Å². The molecule has 2 aromatic carbocycles. The molecular formula is C16H16N2O3. The Kier molecular flexibility index (Phi) is 3.50. The summed E-state index contributed by atoms with van der Waals surface area (Å²) in [5, 5.41) is 19.7. The Labute approximate surface area is 122 Å². The number of methoxy groups -OCH3 is 1. The minimum absolute atomic E-state index is 0.0850. The summed E-state index contributed by atoms with van der Waals surface area (Å²) in [6.07, 6.45) is 0. The third kappa shape index (κ3) is 2.43. The maximum absolute atomic E-state index is 10.1. The Morgan fingerprint density at radius 1 is 1.14 bits per heavy atom. The average molecular weight is 284 g/mol. The van der Waals surface area contributed by atoms with Gasteiger partial charge in [0, 0.05) is 13.7 Å². The molecule has 0 saturated carbocycles. The summed E-state index contributed by atoms with van der Waals surface area (Å²) < 4.78 is 7.13. The number of benzene rings is 2. The number of fused-ring (bicyclic) bond motifs is 1. The van der Waals surface area contributed by atoms with Crippen molar-refractivity contribution in [2.24, 2.45) is 0 Å².